The first kappa shape index (κ1) is 13.0. The normalized spacial score (nSPS) is 18.5. The van der Waals surface area contributed by atoms with Crippen LogP contribution in [0.4, 0.5) is 0 Å². The molecule has 0 atom stereocenters. The van der Waals surface area contributed by atoms with Crippen LogP contribution in [0.2, 0.25) is 0 Å². The van der Waals surface area contributed by atoms with Crippen LogP contribution in [0.15, 0.2) is 11.0 Å². The second-order valence-electron chi connectivity index (χ2n) is 4.30. The molecule has 0 amide bonds. The summed E-state index contributed by atoms with van der Waals surface area (Å²) in [6.45, 7) is 3.55. The fourth-order valence-corrected chi connectivity index (χ4v) is 5.13. The number of nitrogens with zero attached hydrogens (tertiary/aromatic N) is 1. The van der Waals surface area contributed by atoms with Crippen molar-refractivity contribution in [3.63, 3.8) is 0 Å². The number of nitrogens with two attached hydrogens (primary N) is 1. The minimum atomic E-state index is -3.29. The monoisotopic (exact) mass is 274 g/mol. The van der Waals surface area contributed by atoms with Gasteiger partial charge in [-0.25, -0.2) is 8.42 Å². The van der Waals surface area contributed by atoms with E-state index in [1.54, 1.807) is 10.4 Å². The number of sulfonamides is 1. The number of hydrogen-bond acceptors (Lipinski definition) is 4. The molecule has 0 bridgehead atoms. The molecule has 96 valence electrons. The lowest BCUT2D eigenvalue weighted by Crippen LogP contribution is -2.35. The highest BCUT2D eigenvalue weighted by Gasteiger charge is 2.28. The summed E-state index contributed by atoms with van der Waals surface area (Å²) < 4.78 is 26.5. The Morgan fingerprint density at radius 2 is 2.00 bits per heavy atom. The van der Waals surface area contributed by atoms with Gasteiger partial charge < -0.3 is 5.73 Å². The second-order valence-corrected chi connectivity index (χ2v) is 7.55. The van der Waals surface area contributed by atoms with Crippen molar-refractivity contribution >= 4 is 21.4 Å². The molecule has 1 fully saturated rings. The van der Waals surface area contributed by atoms with Crippen LogP contribution in [0.3, 0.4) is 0 Å². The number of piperidine rings is 1. The van der Waals surface area contributed by atoms with Gasteiger partial charge in [0.2, 0.25) is 10.0 Å². The molecule has 1 aliphatic rings. The largest absolute Gasteiger partial charge is 0.326 e. The van der Waals surface area contributed by atoms with E-state index in [-0.39, 0.29) is 0 Å². The summed E-state index contributed by atoms with van der Waals surface area (Å²) in [6, 6.07) is 1.73. The van der Waals surface area contributed by atoms with E-state index in [4.69, 9.17) is 5.73 Å². The summed E-state index contributed by atoms with van der Waals surface area (Å²) in [5.74, 6) is 0. The van der Waals surface area contributed by atoms with E-state index in [1.807, 2.05) is 6.92 Å². The number of rotatable bonds is 3. The molecule has 2 N–H and O–H groups in total. The highest BCUT2D eigenvalue weighted by molar-refractivity contribution is 7.89. The molecule has 1 aliphatic heterocycles. The molecule has 1 saturated heterocycles. The molecule has 4 nitrogen and oxygen atoms in total. The minimum absolute atomic E-state index is 0.404. The molecule has 0 aliphatic carbocycles. The molecule has 17 heavy (non-hydrogen) atoms. The molecule has 0 aromatic carbocycles. The van der Waals surface area contributed by atoms with E-state index in [1.165, 1.54) is 11.3 Å². The van der Waals surface area contributed by atoms with Gasteiger partial charge in [0.25, 0.3) is 0 Å². The standard InChI is InChI=1S/C11H18N2O2S2/c1-9-11(7-10(8-12)16-9)17(14,15)13-5-3-2-4-6-13/h7H,2-6,8,12H2,1H3. The molecule has 2 heterocycles. The van der Waals surface area contributed by atoms with Gasteiger partial charge in [0, 0.05) is 29.4 Å². The second kappa shape index (κ2) is 5.06. The lowest BCUT2D eigenvalue weighted by Gasteiger charge is -2.25. The zero-order valence-corrected chi connectivity index (χ0v) is 11.6. The zero-order chi connectivity index (χ0) is 12.5. The Balaban J connectivity index is 2.33. The molecule has 0 radical (unpaired) electrons. The van der Waals surface area contributed by atoms with Crippen molar-refractivity contribution in [3.05, 3.63) is 15.8 Å². The Hall–Kier alpha value is -0.430. The van der Waals surface area contributed by atoms with Crippen molar-refractivity contribution in [2.24, 2.45) is 5.73 Å². The molecule has 1 aromatic rings. The average molecular weight is 274 g/mol. The highest BCUT2D eigenvalue weighted by atomic mass is 32.2. The van der Waals surface area contributed by atoms with Crippen LogP contribution in [0, 0.1) is 6.92 Å². The quantitative estimate of drug-likeness (QED) is 0.912. The van der Waals surface area contributed by atoms with Gasteiger partial charge in [-0.2, -0.15) is 4.31 Å². The van der Waals surface area contributed by atoms with E-state index in [9.17, 15) is 8.42 Å². The molecular weight excluding hydrogens is 256 g/mol. The molecular formula is C11H18N2O2S2. The first-order valence-corrected chi connectivity index (χ1v) is 8.11. The summed E-state index contributed by atoms with van der Waals surface area (Å²) in [7, 11) is -3.29. The Bertz CT molecular complexity index is 488. The summed E-state index contributed by atoms with van der Waals surface area (Å²) in [5.41, 5.74) is 5.56. The first-order valence-electron chi connectivity index (χ1n) is 5.85. The molecule has 2 rings (SSSR count). The predicted octanol–water partition coefficient (Wildman–Crippen LogP) is 1.69. The van der Waals surface area contributed by atoms with Gasteiger partial charge in [-0.3, -0.25) is 0 Å². The average Bonchev–Trinajstić information content (AvgIpc) is 2.72. The van der Waals surface area contributed by atoms with E-state index in [2.05, 4.69) is 0 Å². The van der Waals surface area contributed by atoms with E-state index in [0.29, 0.717) is 24.5 Å². The molecule has 0 unspecified atom stereocenters. The van der Waals surface area contributed by atoms with E-state index < -0.39 is 10.0 Å². The topological polar surface area (TPSA) is 63.4 Å². The van der Waals surface area contributed by atoms with Crippen molar-refractivity contribution < 1.29 is 8.42 Å². The van der Waals surface area contributed by atoms with E-state index in [0.717, 1.165) is 29.0 Å². The molecule has 1 aromatic heterocycles. The minimum Gasteiger partial charge on any atom is -0.326 e. The Morgan fingerprint density at radius 1 is 1.35 bits per heavy atom. The van der Waals surface area contributed by atoms with Gasteiger partial charge in [0.15, 0.2) is 0 Å². The fourth-order valence-electron chi connectivity index (χ4n) is 2.13. The van der Waals surface area contributed by atoms with Gasteiger partial charge in [-0.05, 0) is 25.8 Å². The van der Waals surface area contributed by atoms with E-state index >= 15 is 0 Å². The predicted molar refractivity (Wildman–Crippen MR) is 69.6 cm³/mol. The van der Waals surface area contributed by atoms with Crippen molar-refractivity contribution in [1.29, 1.82) is 0 Å². The first-order chi connectivity index (χ1) is 8.05. The fraction of sp³-hybridized carbons (Fsp3) is 0.636. The molecule has 6 heteroatoms. The van der Waals surface area contributed by atoms with Gasteiger partial charge in [-0.15, -0.1) is 11.3 Å². The summed E-state index contributed by atoms with van der Waals surface area (Å²) in [5, 5.41) is 0. The van der Waals surface area contributed by atoms with Crippen LogP contribution < -0.4 is 5.73 Å². The maximum atomic E-state index is 12.4. The third kappa shape index (κ3) is 2.54. The maximum absolute atomic E-state index is 12.4. The van der Waals surface area contributed by atoms with Gasteiger partial charge in [0.1, 0.15) is 0 Å². The van der Waals surface area contributed by atoms with Gasteiger partial charge in [0.05, 0.1) is 4.90 Å². The van der Waals surface area contributed by atoms with Crippen molar-refractivity contribution in [2.75, 3.05) is 13.1 Å². The molecule has 0 spiro atoms. The zero-order valence-electron chi connectivity index (χ0n) is 9.98. The van der Waals surface area contributed by atoms with Crippen LogP contribution in [0.1, 0.15) is 29.0 Å². The third-order valence-corrected chi connectivity index (χ3v) is 6.28. The number of thiophene rings is 1. The summed E-state index contributed by atoms with van der Waals surface area (Å²) >= 11 is 1.47. The van der Waals surface area contributed by atoms with Crippen molar-refractivity contribution in [3.8, 4) is 0 Å². The van der Waals surface area contributed by atoms with Crippen molar-refractivity contribution in [2.45, 2.75) is 37.6 Å². The Morgan fingerprint density at radius 3 is 2.53 bits per heavy atom. The van der Waals surface area contributed by atoms with Crippen LogP contribution in [0.5, 0.6) is 0 Å². The Labute approximate surface area is 106 Å². The Kier molecular flexibility index (Phi) is 3.87. The van der Waals surface area contributed by atoms with Crippen LogP contribution in [-0.2, 0) is 16.6 Å². The maximum Gasteiger partial charge on any atom is 0.244 e. The third-order valence-electron chi connectivity index (χ3n) is 3.06. The number of aryl methyl sites for hydroxylation is 1. The highest BCUT2D eigenvalue weighted by Crippen LogP contribution is 2.29. The summed E-state index contributed by atoms with van der Waals surface area (Å²) in [4.78, 5) is 2.22. The van der Waals surface area contributed by atoms with Gasteiger partial charge in [-0.1, -0.05) is 6.42 Å². The lowest BCUT2D eigenvalue weighted by molar-refractivity contribution is 0.346. The number of hydrogen-bond donors (Lipinski definition) is 1. The van der Waals surface area contributed by atoms with Gasteiger partial charge >= 0.3 is 0 Å². The smallest absolute Gasteiger partial charge is 0.244 e. The summed E-state index contributed by atoms with van der Waals surface area (Å²) in [6.07, 6.45) is 3.06. The molecule has 0 saturated carbocycles. The van der Waals surface area contributed by atoms with Crippen LogP contribution >= 0.6 is 11.3 Å². The SMILES string of the molecule is Cc1sc(CN)cc1S(=O)(=O)N1CCCCC1. The van der Waals surface area contributed by atoms with Crippen molar-refractivity contribution in [1.82, 2.24) is 4.31 Å². The van der Waals surface area contributed by atoms with Crippen LogP contribution in [0.25, 0.3) is 0 Å². The van der Waals surface area contributed by atoms with Crippen LogP contribution in [-0.4, -0.2) is 25.8 Å². The lowest BCUT2D eigenvalue weighted by atomic mass is 10.2.